The molecule has 0 radical (unpaired) electrons. The highest BCUT2D eigenvalue weighted by Gasteiger charge is 2.57. The highest BCUT2D eigenvalue weighted by molar-refractivity contribution is 5.97. The van der Waals surface area contributed by atoms with Crippen molar-refractivity contribution < 1.29 is 37.0 Å². The molecule has 2 fully saturated rings. The third kappa shape index (κ3) is 5.77. The lowest BCUT2D eigenvalue weighted by molar-refractivity contribution is -0.193. The number of carbonyl (C=O) groups excluding carboxylic acids is 3. The van der Waals surface area contributed by atoms with Crippen LogP contribution in [0.5, 0.6) is 0 Å². The van der Waals surface area contributed by atoms with Crippen molar-refractivity contribution in [2.75, 3.05) is 18.0 Å². The van der Waals surface area contributed by atoms with Crippen molar-refractivity contribution in [2.45, 2.75) is 52.1 Å². The number of carbonyl (C=O) groups is 3. The molecular formula is C23H26F3N5O5. The zero-order valence-corrected chi connectivity index (χ0v) is 20.1. The van der Waals surface area contributed by atoms with Crippen LogP contribution in [0, 0.1) is 18.8 Å². The van der Waals surface area contributed by atoms with E-state index < -0.39 is 29.8 Å². The van der Waals surface area contributed by atoms with E-state index in [2.05, 4.69) is 25.0 Å². The third-order valence-electron chi connectivity index (χ3n) is 6.00. The molecule has 13 heteroatoms. The fraction of sp³-hybridized carbons (Fsp3) is 0.522. The number of ether oxygens (including phenoxy) is 2. The molecule has 0 spiro atoms. The van der Waals surface area contributed by atoms with E-state index in [-0.39, 0.29) is 18.2 Å². The minimum atomic E-state index is -5.26. The minimum absolute atomic E-state index is 0.101. The van der Waals surface area contributed by atoms with Crippen LogP contribution < -0.4 is 10.2 Å². The van der Waals surface area contributed by atoms with E-state index in [0.29, 0.717) is 11.8 Å². The Morgan fingerprint density at radius 2 is 1.81 bits per heavy atom. The number of alkyl carbamates (subject to hydrolysis) is 1. The fourth-order valence-electron chi connectivity index (χ4n) is 4.22. The van der Waals surface area contributed by atoms with E-state index in [1.165, 1.54) is 10.9 Å². The van der Waals surface area contributed by atoms with E-state index in [4.69, 9.17) is 4.74 Å². The number of hydrogen-bond donors (Lipinski definition) is 1. The zero-order chi connectivity index (χ0) is 26.4. The molecule has 0 unspecified atom stereocenters. The van der Waals surface area contributed by atoms with E-state index in [9.17, 15) is 27.6 Å². The van der Waals surface area contributed by atoms with Gasteiger partial charge >= 0.3 is 24.2 Å². The van der Waals surface area contributed by atoms with Crippen molar-refractivity contribution in [1.82, 2.24) is 20.1 Å². The molecule has 1 aliphatic heterocycles. The number of pyridine rings is 1. The first-order valence-corrected chi connectivity index (χ1v) is 11.3. The van der Waals surface area contributed by atoms with Crippen LogP contribution in [0.1, 0.15) is 42.4 Å². The number of esters is 2. The lowest BCUT2D eigenvalue weighted by Crippen LogP contribution is -2.38. The third-order valence-corrected chi connectivity index (χ3v) is 6.00. The number of fused-ring (bicyclic) bond motifs is 1. The number of alkyl halides is 3. The van der Waals surface area contributed by atoms with Gasteiger partial charge in [0, 0.05) is 42.9 Å². The van der Waals surface area contributed by atoms with Gasteiger partial charge in [0.25, 0.3) is 0 Å². The van der Waals surface area contributed by atoms with Gasteiger partial charge in [0.05, 0.1) is 18.3 Å². The number of hydrogen-bond acceptors (Lipinski definition) is 8. The molecule has 1 saturated heterocycles. The Bertz CT molecular complexity index is 1180. The summed E-state index contributed by atoms with van der Waals surface area (Å²) in [6.07, 6.45) is -3.44. The zero-order valence-electron chi connectivity index (χ0n) is 20.1. The smallest absolute Gasteiger partial charge is 0.444 e. The number of rotatable bonds is 5. The average Bonchev–Trinajstić information content (AvgIpc) is 3.12. The summed E-state index contributed by atoms with van der Waals surface area (Å²) >= 11 is 0. The highest BCUT2D eigenvalue weighted by atomic mass is 19.4. The van der Waals surface area contributed by atoms with Gasteiger partial charge < -0.3 is 19.7 Å². The quantitative estimate of drug-likeness (QED) is 0.483. The molecule has 1 amide bonds. The van der Waals surface area contributed by atoms with Crippen molar-refractivity contribution >= 4 is 23.8 Å². The number of piperidine rings is 1. The molecule has 3 heterocycles. The maximum Gasteiger partial charge on any atom is 0.491 e. The maximum atomic E-state index is 12.3. The molecule has 2 aromatic rings. The normalized spacial score (nSPS) is 21.1. The molecule has 194 valence electrons. The minimum Gasteiger partial charge on any atom is -0.444 e. The Labute approximate surface area is 204 Å². The number of aryl methyl sites for hydroxylation is 1. The number of halogens is 3. The van der Waals surface area contributed by atoms with E-state index >= 15 is 0 Å². The van der Waals surface area contributed by atoms with Gasteiger partial charge in [0.2, 0.25) is 0 Å². The first kappa shape index (κ1) is 25.5. The number of amides is 1. The van der Waals surface area contributed by atoms with Gasteiger partial charge in [0.1, 0.15) is 11.4 Å². The van der Waals surface area contributed by atoms with Gasteiger partial charge in [-0.2, -0.15) is 18.3 Å². The summed E-state index contributed by atoms with van der Waals surface area (Å²) in [5.74, 6) is -2.53. The Morgan fingerprint density at radius 1 is 1.14 bits per heavy atom. The van der Waals surface area contributed by atoms with Gasteiger partial charge in [0.15, 0.2) is 0 Å². The van der Waals surface area contributed by atoms with Crippen LogP contribution in [-0.2, 0) is 20.8 Å². The molecule has 1 saturated carbocycles. The largest absolute Gasteiger partial charge is 0.491 e. The van der Waals surface area contributed by atoms with Crippen LogP contribution in [0.4, 0.5) is 23.8 Å². The number of nitrogens with zero attached hydrogens (tertiary/aromatic N) is 4. The predicted octanol–water partition coefficient (Wildman–Crippen LogP) is 2.84. The predicted molar refractivity (Wildman–Crippen MR) is 119 cm³/mol. The summed E-state index contributed by atoms with van der Waals surface area (Å²) in [4.78, 5) is 41.4. The number of nitrogens with one attached hydrogen (secondary N) is 1. The second-order valence-corrected chi connectivity index (χ2v) is 9.92. The van der Waals surface area contributed by atoms with Crippen LogP contribution in [0.2, 0.25) is 0 Å². The van der Waals surface area contributed by atoms with Crippen LogP contribution in [0.15, 0.2) is 24.5 Å². The number of aromatic nitrogens is 3. The summed E-state index contributed by atoms with van der Waals surface area (Å²) in [5.41, 5.74) is 0.697. The Hall–Kier alpha value is -3.64. The second-order valence-electron chi connectivity index (χ2n) is 9.92. The summed E-state index contributed by atoms with van der Waals surface area (Å²) < 4.78 is 47.3. The number of anilines is 1. The van der Waals surface area contributed by atoms with Gasteiger partial charge in [-0.3, -0.25) is 4.68 Å². The molecule has 2 aromatic heterocycles. The van der Waals surface area contributed by atoms with Crippen LogP contribution in [0.3, 0.4) is 0 Å². The standard InChI is InChI=1S/C23H26F3N5O5/c1-12-13(8-31-9-14(7-27-31)19(32)35-20(33)23(24,25)26)5-6-17(28-12)30-10-15-16(11-30)18(15)29-21(34)36-22(2,3)4/h5-7,9,15-16,18H,8,10-11H2,1-4H3,(H,29,34)/t15-,16+,18+. The summed E-state index contributed by atoms with van der Waals surface area (Å²) in [7, 11) is 0. The van der Waals surface area contributed by atoms with Crippen LogP contribution in [-0.4, -0.2) is 63.7 Å². The fourth-order valence-corrected chi connectivity index (χ4v) is 4.22. The van der Waals surface area contributed by atoms with Gasteiger partial charge in [-0.15, -0.1) is 0 Å². The van der Waals surface area contributed by atoms with Gasteiger partial charge in [-0.25, -0.2) is 19.4 Å². The van der Waals surface area contributed by atoms with Crippen molar-refractivity contribution in [3.63, 3.8) is 0 Å². The van der Waals surface area contributed by atoms with Crippen LogP contribution in [0.25, 0.3) is 0 Å². The molecule has 4 rings (SSSR count). The first-order chi connectivity index (χ1) is 16.7. The summed E-state index contributed by atoms with van der Waals surface area (Å²) in [5, 5.41) is 6.89. The van der Waals surface area contributed by atoms with Crippen molar-refractivity contribution in [3.8, 4) is 0 Å². The van der Waals surface area contributed by atoms with Gasteiger partial charge in [-0.05, 0) is 39.3 Å². The molecule has 3 atom stereocenters. The topological polar surface area (TPSA) is 116 Å². The van der Waals surface area contributed by atoms with E-state index in [1.807, 2.05) is 39.8 Å². The molecular weight excluding hydrogens is 483 g/mol. The second kappa shape index (κ2) is 9.10. The molecule has 1 aliphatic carbocycles. The van der Waals surface area contributed by atoms with Crippen molar-refractivity contribution in [2.24, 2.45) is 11.8 Å². The monoisotopic (exact) mass is 509 g/mol. The van der Waals surface area contributed by atoms with Crippen LogP contribution >= 0.6 is 0 Å². The first-order valence-electron chi connectivity index (χ1n) is 11.3. The average molecular weight is 509 g/mol. The van der Waals surface area contributed by atoms with Crippen molar-refractivity contribution in [1.29, 1.82) is 0 Å². The SMILES string of the molecule is Cc1nc(N2C[C@@H]3[C@H](C2)[C@H]3NC(=O)OC(C)(C)C)ccc1Cn1cc(C(=O)OC(=O)C(F)(F)F)cn1. The maximum absolute atomic E-state index is 12.3. The van der Waals surface area contributed by atoms with Gasteiger partial charge in [-0.1, -0.05) is 6.07 Å². The molecule has 36 heavy (non-hydrogen) atoms. The lowest BCUT2D eigenvalue weighted by Gasteiger charge is -2.23. The van der Waals surface area contributed by atoms with E-state index in [1.54, 1.807) is 0 Å². The summed E-state index contributed by atoms with van der Waals surface area (Å²) in [6.45, 7) is 9.02. The molecule has 0 bridgehead atoms. The highest BCUT2D eigenvalue weighted by Crippen LogP contribution is 2.46. The Morgan fingerprint density at radius 3 is 2.39 bits per heavy atom. The molecule has 0 aromatic carbocycles. The lowest BCUT2D eigenvalue weighted by atomic mass is 10.2. The molecule has 10 nitrogen and oxygen atoms in total. The molecule has 1 N–H and O–H groups in total. The Kier molecular flexibility index (Phi) is 6.43. The van der Waals surface area contributed by atoms with E-state index in [0.717, 1.165) is 36.4 Å². The Balaban J connectivity index is 1.31. The molecule has 2 aliphatic rings. The van der Waals surface area contributed by atoms with Crippen molar-refractivity contribution in [3.05, 3.63) is 41.3 Å². The summed E-state index contributed by atoms with van der Waals surface area (Å²) in [6, 6.07) is 3.83.